The maximum Gasteiger partial charge on any atom is 0.240 e. The number of sulfonamides is 1. The van der Waals surface area contributed by atoms with E-state index in [4.69, 9.17) is 4.74 Å². The summed E-state index contributed by atoms with van der Waals surface area (Å²) in [5.41, 5.74) is -0.339. The Labute approximate surface area is 133 Å². The second-order valence-electron chi connectivity index (χ2n) is 5.44. The van der Waals surface area contributed by atoms with Crippen LogP contribution in [-0.4, -0.2) is 26.7 Å². The Hall–Kier alpha value is -1.41. The summed E-state index contributed by atoms with van der Waals surface area (Å²) in [6.45, 7) is 2.10. The topological polar surface area (TPSA) is 75.6 Å². The van der Waals surface area contributed by atoms with Crippen LogP contribution in [0.5, 0.6) is 5.75 Å². The van der Waals surface area contributed by atoms with Crippen LogP contribution in [0.2, 0.25) is 0 Å². The van der Waals surface area contributed by atoms with Crippen molar-refractivity contribution in [2.45, 2.75) is 23.8 Å². The Morgan fingerprint density at radius 2 is 2.23 bits per heavy atom. The SMILES string of the molecule is C[C@@](O)(CNS(=O)(=O)c1ccc2c(c1)CCO2)c1cccs1. The molecule has 0 amide bonds. The van der Waals surface area contributed by atoms with Crippen molar-refractivity contribution in [1.29, 1.82) is 0 Å². The lowest BCUT2D eigenvalue weighted by molar-refractivity contribution is 0.0666. The summed E-state index contributed by atoms with van der Waals surface area (Å²) in [6.07, 6.45) is 0.714. The number of ether oxygens (including phenoxy) is 1. The first-order valence-electron chi connectivity index (χ1n) is 6.90. The summed E-state index contributed by atoms with van der Waals surface area (Å²) in [4.78, 5) is 0.913. The summed E-state index contributed by atoms with van der Waals surface area (Å²) in [5, 5.41) is 12.2. The molecule has 0 bridgehead atoms. The van der Waals surface area contributed by atoms with Gasteiger partial charge in [-0.15, -0.1) is 11.3 Å². The van der Waals surface area contributed by atoms with Crippen molar-refractivity contribution < 1.29 is 18.3 Å². The molecule has 1 aromatic carbocycles. The fourth-order valence-corrected chi connectivity index (χ4v) is 4.29. The summed E-state index contributed by atoms with van der Waals surface area (Å²) < 4.78 is 32.6. The molecule has 0 aliphatic carbocycles. The molecule has 2 aromatic rings. The van der Waals surface area contributed by atoms with E-state index in [1.807, 2.05) is 11.4 Å². The van der Waals surface area contributed by atoms with Crippen molar-refractivity contribution in [3.63, 3.8) is 0 Å². The molecule has 0 unspecified atom stereocenters. The molecule has 1 aliphatic rings. The van der Waals surface area contributed by atoms with Gasteiger partial charge in [0.1, 0.15) is 11.4 Å². The van der Waals surface area contributed by atoms with Crippen molar-refractivity contribution in [3.05, 3.63) is 46.2 Å². The molecule has 3 rings (SSSR count). The Kier molecular flexibility index (Phi) is 3.98. The van der Waals surface area contributed by atoms with Crippen LogP contribution in [0, 0.1) is 0 Å². The molecular formula is C15H17NO4S2. The number of hydrogen-bond donors (Lipinski definition) is 2. The summed E-state index contributed by atoms with van der Waals surface area (Å²) in [5.74, 6) is 0.740. The highest BCUT2D eigenvalue weighted by Gasteiger charge is 2.27. The molecule has 0 fully saturated rings. The molecule has 1 aromatic heterocycles. The molecule has 22 heavy (non-hydrogen) atoms. The standard InChI is InChI=1S/C15H17NO4S2/c1-15(17,14-3-2-8-21-14)10-16-22(18,19)12-4-5-13-11(9-12)6-7-20-13/h2-5,8-9,16-17H,6-7,10H2,1H3/t15-/m1/s1. The molecule has 0 saturated carbocycles. The van der Waals surface area contributed by atoms with Gasteiger partial charge in [0.2, 0.25) is 10.0 Å². The van der Waals surface area contributed by atoms with Gasteiger partial charge < -0.3 is 9.84 Å². The Balaban J connectivity index is 1.77. The lowest BCUT2D eigenvalue weighted by atomic mass is 10.1. The van der Waals surface area contributed by atoms with E-state index in [0.29, 0.717) is 13.0 Å². The number of benzene rings is 1. The zero-order valence-corrected chi connectivity index (χ0v) is 13.7. The fraction of sp³-hybridized carbons (Fsp3) is 0.333. The number of hydrogen-bond acceptors (Lipinski definition) is 5. The molecule has 7 heteroatoms. The number of fused-ring (bicyclic) bond motifs is 1. The van der Waals surface area contributed by atoms with Gasteiger partial charge in [0.05, 0.1) is 11.5 Å². The number of rotatable bonds is 5. The summed E-state index contributed by atoms with van der Waals surface area (Å²) in [6, 6.07) is 8.43. The van der Waals surface area contributed by atoms with E-state index >= 15 is 0 Å². The smallest absolute Gasteiger partial charge is 0.240 e. The van der Waals surface area contributed by atoms with Crippen molar-refractivity contribution >= 4 is 21.4 Å². The normalized spacial score (nSPS) is 16.8. The van der Waals surface area contributed by atoms with Gasteiger partial charge in [0.15, 0.2) is 0 Å². The highest BCUT2D eigenvalue weighted by Crippen LogP contribution is 2.28. The van der Waals surface area contributed by atoms with E-state index in [0.717, 1.165) is 16.2 Å². The van der Waals surface area contributed by atoms with Gasteiger partial charge in [-0.25, -0.2) is 13.1 Å². The Bertz CT molecular complexity index is 767. The van der Waals surface area contributed by atoms with Gasteiger partial charge in [-0.05, 0) is 42.1 Å². The van der Waals surface area contributed by atoms with Crippen LogP contribution in [0.4, 0.5) is 0 Å². The minimum absolute atomic E-state index is 0.0799. The molecular weight excluding hydrogens is 322 g/mol. The molecule has 0 radical (unpaired) electrons. The third-order valence-corrected chi connectivity index (χ3v) is 6.15. The van der Waals surface area contributed by atoms with E-state index < -0.39 is 15.6 Å². The lowest BCUT2D eigenvalue weighted by Crippen LogP contribution is -2.38. The average Bonchev–Trinajstić information content (AvgIpc) is 3.15. The van der Waals surface area contributed by atoms with Gasteiger partial charge >= 0.3 is 0 Å². The largest absolute Gasteiger partial charge is 0.493 e. The molecule has 1 aliphatic heterocycles. The van der Waals surface area contributed by atoms with E-state index in [2.05, 4.69) is 4.72 Å². The molecule has 0 spiro atoms. The van der Waals surface area contributed by atoms with Crippen LogP contribution in [0.15, 0.2) is 40.6 Å². The first kappa shape index (κ1) is 15.5. The maximum absolute atomic E-state index is 12.4. The molecule has 2 heterocycles. The summed E-state index contributed by atoms with van der Waals surface area (Å²) in [7, 11) is -3.67. The highest BCUT2D eigenvalue weighted by molar-refractivity contribution is 7.89. The van der Waals surface area contributed by atoms with Gasteiger partial charge in [-0.2, -0.15) is 0 Å². The molecule has 0 saturated heterocycles. The monoisotopic (exact) mass is 339 g/mol. The lowest BCUT2D eigenvalue weighted by Gasteiger charge is -2.22. The van der Waals surface area contributed by atoms with Crippen LogP contribution >= 0.6 is 11.3 Å². The minimum atomic E-state index is -3.67. The van der Waals surface area contributed by atoms with E-state index in [-0.39, 0.29) is 11.4 Å². The van der Waals surface area contributed by atoms with Crippen LogP contribution < -0.4 is 9.46 Å². The molecule has 5 nitrogen and oxygen atoms in total. The minimum Gasteiger partial charge on any atom is -0.493 e. The quantitative estimate of drug-likeness (QED) is 0.872. The van der Waals surface area contributed by atoms with Crippen molar-refractivity contribution in [2.75, 3.05) is 13.2 Å². The van der Waals surface area contributed by atoms with Crippen LogP contribution in [-0.2, 0) is 22.0 Å². The second-order valence-corrected chi connectivity index (χ2v) is 8.16. The maximum atomic E-state index is 12.4. The van der Waals surface area contributed by atoms with Crippen molar-refractivity contribution in [2.24, 2.45) is 0 Å². The van der Waals surface area contributed by atoms with Gasteiger partial charge in [0, 0.05) is 17.8 Å². The number of nitrogens with one attached hydrogen (secondary N) is 1. The highest BCUT2D eigenvalue weighted by atomic mass is 32.2. The summed E-state index contributed by atoms with van der Waals surface area (Å²) >= 11 is 1.39. The number of aliphatic hydroxyl groups is 1. The van der Waals surface area contributed by atoms with Gasteiger partial charge in [-0.1, -0.05) is 6.07 Å². The van der Waals surface area contributed by atoms with E-state index in [9.17, 15) is 13.5 Å². The van der Waals surface area contributed by atoms with Crippen LogP contribution in [0.1, 0.15) is 17.4 Å². The first-order valence-corrected chi connectivity index (χ1v) is 9.26. The van der Waals surface area contributed by atoms with Crippen molar-refractivity contribution in [1.82, 2.24) is 4.72 Å². The Morgan fingerprint density at radius 3 is 2.95 bits per heavy atom. The third-order valence-electron chi connectivity index (χ3n) is 3.63. The van der Waals surface area contributed by atoms with Gasteiger partial charge in [0.25, 0.3) is 0 Å². The fourth-order valence-electron chi connectivity index (χ4n) is 2.32. The second kappa shape index (κ2) is 5.66. The third kappa shape index (κ3) is 3.03. The molecule has 118 valence electrons. The van der Waals surface area contributed by atoms with Gasteiger partial charge in [-0.3, -0.25) is 0 Å². The van der Waals surface area contributed by atoms with E-state index in [1.165, 1.54) is 17.4 Å². The zero-order valence-electron chi connectivity index (χ0n) is 12.1. The van der Waals surface area contributed by atoms with Crippen molar-refractivity contribution in [3.8, 4) is 5.75 Å². The molecule has 1 atom stereocenters. The van der Waals surface area contributed by atoms with E-state index in [1.54, 1.807) is 25.1 Å². The zero-order chi connectivity index (χ0) is 15.8. The van der Waals surface area contributed by atoms with Crippen LogP contribution in [0.3, 0.4) is 0 Å². The average molecular weight is 339 g/mol. The van der Waals surface area contributed by atoms with Crippen LogP contribution in [0.25, 0.3) is 0 Å². The first-order chi connectivity index (χ1) is 10.4. The number of thiophene rings is 1. The Morgan fingerprint density at radius 1 is 1.41 bits per heavy atom. The predicted molar refractivity (Wildman–Crippen MR) is 84.7 cm³/mol. The molecule has 2 N–H and O–H groups in total. The predicted octanol–water partition coefficient (Wildman–Crippen LogP) is 1.87.